The van der Waals surface area contributed by atoms with Crippen LogP contribution in [0.15, 0.2) is 84.9 Å². The number of anilines is 1. The number of nitrogens with one attached hydrogen (secondary N) is 1. The van der Waals surface area contributed by atoms with Crippen molar-refractivity contribution < 1.29 is 4.79 Å². The Morgan fingerprint density at radius 1 is 0.741 bits per heavy atom. The van der Waals surface area contributed by atoms with E-state index in [9.17, 15) is 4.79 Å². The van der Waals surface area contributed by atoms with E-state index in [-0.39, 0.29) is 5.91 Å². The van der Waals surface area contributed by atoms with Gasteiger partial charge in [0.15, 0.2) is 0 Å². The van der Waals surface area contributed by atoms with Gasteiger partial charge in [0, 0.05) is 11.3 Å². The summed E-state index contributed by atoms with van der Waals surface area (Å²) in [6, 6.07) is 27.1. The van der Waals surface area contributed by atoms with Gasteiger partial charge >= 0.3 is 0 Å². The molecular formula is C23H15Cl2NO. The summed E-state index contributed by atoms with van der Waals surface area (Å²) in [5, 5.41) is 6.07. The Hall–Kier alpha value is -2.81. The van der Waals surface area contributed by atoms with E-state index in [0.29, 0.717) is 21.3 Å². The van der Waals surface area contributed by atoms with Gasteiger partial charge in [-0.25, -0.2) is 0 Å². The third-order valence-electron chi connectivity index (χ3n) is 4.43. The highest BCUT2D eigenvalue weighted by Gasteiger charge is 2.09. The molecule has 132 valence electrons. The smallest absolute Gasteiger partial charge is 0.255 e. The quantitative estimate of drug-likeness (QED) is 0.397. The molecule has 1 amide bonds. The molecule has 27 heavy (non-hydrogen) atoms. The van der Waals surface area contributed by atoms with E-state index in [1.165, 1.54) is 10.8 Å². The molecule has 2 nitrogen and oxygen atoms in total. The second-order valence-electron chi connectivity index (χ2n) is 6.19. The van der Waals surface area contributed by atoms with Crippen molar-refractivity contribution in [3.8, 4) is 11.1 Å². The lowest BCUT2D eigenvalue weighted by molar-refractivity contribution is 0.102. The lowest BCUT2D eigenvalue weighted by Crippen LogP contribution is -2.11. The molecule has 4 heteroatoms. The number of carbonyl (C=O) groups is 1. The minimum absolute atomic E-state index is 0.196. The molecule has 4 aromatic rings. The monoisotopic (exact) mass is 391 g/mol. The van der Waals surface area contributed by atoms with Crippen LogP contribution < -0.4 is 5.32 Å². The Morgan fingerprint density at radius 3 is 2.26 bits per heavy atom. The largest absolute Gasteiger partial charge is 0.322 e. The van der Waals surface area contributed by atoms with Crippen molar-refractivity contribution >= 4 is 45.6 Å². The van der Waals surface area contributed by atoms with Gasteiger partial charge in [-0.2, -0.15) is 0 Å². The Balaban J connectivity index is 1.60. The molecule has 0 heterocycles. The van der Waals surface area contributed by atoms with E-state index >= 15 is 0 Å². The highest BCUT2D eigenvalue weighted by Crippen LogP contribution is 2.29. The van der Waals surface area contributed by atoms with Crippen molar-refractivity contribution in [3.63, 3.8) is 0 Å². The summed E-state index contributed by atoms with van der Waals surface area (Å²) < 4.78 is 0. The van der Waals surface area contributed by atoms with Crippen molar-refractivity contribution in [1.82, 2.24) is 0 Å². The number of rotatable bonds is 3. The van der Waals surface area contributed by atoms with Crippen LogP contribution in [0.25, 0.3) is 21.9 Å². The van der Waals surface area contributed by atoms with E-state index < -0.39 is 0 Å². The fraction of sp³-hybridized carbons (Fsp3) is 0. The number of amides is 1. The molecular weight excluding hydrogens is 377 g/mol. The molecule has 0 atom stereocenters. The van der Waals surface area contributed by atoms with E-state index in [2.05, 4.69) is 29.6 Å². The topological polar surface area (TPSA) is 29.1 Å². The lowest BCUT2D eigenvalue weighted by atomic mass is 9.97. The molecule has 0 fully saturated rings. The van der Waals surface area contributed by atoms with Gasteiger partial charge in [0.25, 0.3) is 5.91 Å². The van der Waals surface area contributed by atoms with Crippen LogP contribution in [0.2, 0.25) is 10.0 Å². The highest BCUT2D eigenvalue weighted by atomic mass is 35.5. The van der Waals surface area contributed by atoms with Crippen LogP contribution in [0.1, 0.15) is 10.4 Å². The summed E-state index contributed by atoms with van der Waals surface area (Å²) in [6.45, 7) is 0. The van der Waals surface area contributed by atoms with Gasteiger partial charge in [-0.05, 0) is 52.2 Å². The standard InChI is InChI=1S/C23H15Cl2NO/c24-21-13-12-18(14-22(21)25)26-23(27)17-10-8-16(9-11-17)20-7-3-5-15-4-1-2-6-19(15)20/h1-14H,(H,26,27). The predicted molar refractivity (Wildman–Crippen MR) is 114 cm³/mol. The Bertz CT molecular complexity index is 1130. The number of benzene rings is 4. The SMILES string of the molecule is O=C(Nc1ccc(Cl)c(Cl)c1)c1ccc(-c2cccc3ccccc23)cc1. The van der Waals surface area contributed by atoms with E-state index in [1.54, 1.807) is 18.2 Å². The molecule has 1 N–H and O–H groups in total. The molecule has 0 bridgehead atoms. The second-order valence-corrected chi connectivity index (χ2v) is 7.00. The zero-order valence-corrected chi connectivity index (χ0v) is 15.8. The van der Waals surface area contributed by atoms with E-state index in [0.717, 1.165) is 11.1 Å². The van der Waals surface area contributed by atoms with Crippen molar-refractivity contribution in [2.75, 3.05) is 5.32 Å². The fourth-order valence-electron chi connectivity index (χ4n) is 3.06. The molecule has 0 aromatic heterocycles. The second kappa shape index (κ2) is 7.43. The van der Waals surface area contributed by atoms with Crippen molar-refractivity contribution in [1.29, 1.82) is 0 Å². The lowest BCUT2D eigenvalue weighted by Gasteiger charge is -2.09. The minimum Gasteiger partial charge on any atom is -0.322 e. The minimum atomic E-state index is -0.196. The van der Waals surface area contributed by atoms with Crippen molar-refractivity contribution in [2.45, 2.75) is 0 Å². The Kier molecular flexibility index (Phi) is 4.85. The van der Waals surface area contributed by atoms with Crippen LogP contribution in [0.3, 0.4) is 0 Å². The van der Waals surface area contributed by atoms with Gasteiger partial charge in [-0.3, -0.25) is 4.79 Å². The normalized spacial score (nSPS) is 10.7. The van der Waals surface area contributed by atoms with E-state index in [1.807, 2.05) is 42.5 Å². The first-order valence-corrected chi connectivity index (χ1v) is 9.22. The van der Waals surface area contributed by atoms with Crippen LogP contribution in [0.4, 0.5) is 5.69 Å². The zero-order chi connectivity index (χ0) is 18.8. The van der Waals surface area contributed by atoms with Crippen LogP contribution in [0, 0.1) is 0 Å². The Labute approximate surface area is 167 Å². The first kappa shape index (κ1) is 17.6. The summed E-state index contributed by atoms with van der Waals surface area (Å²) in [6.07, 6.45) is 0. The Morgan fingerprint density at radius 2 is 1.48 bits per heavy atom. The van der Waals surface area contributed by atoms with Crippen LogP contribution in [-0.2, 0) is 0 Å². The van der Waals surface area contributed by atoms with Crippen molar-refractivity contribution in [3.05, 3.63) is 101 Å². The summed E-state index contributed by atoms with van der Waals surface area (Å²) in [4.78, 5) is 12.5. The zero-order valence-electron chi connectivity index (χ0n) is 14.2. The number of hydrogen-bond acceptors (Lipinski definition) is 1. The summed E-state index contributed by atoms with van der Waals surface area (Å²) >= 11 is 11.9. The average Bonchev–Trinajstić information content (AvgIpc) is 2.70. The maximum absolute atomic E-state index is 12.5. The summed E-state index contributed by atoms with van der Waals surface area (Å²) in [5.74, 6) is -0.196. The molecule has 0 saturated heterocycles. The molecule has 0 unspecified atom stereocenters. The van der Waals surface area contributed by atoms with Crippen LogP contribution in [-0.4, -0.2) is 5.91 Å². The molecule has 0 aliphatic rings. The number of fused-ring (bicyclic) bond motifs is 1. The number of hydrogen-bond donors (Lipinski definition) is 1. The van der Waals surface area contributed by atoms with Gasteiger partial charge in [0.2, 0.25) is 0 Å². The maximum atomic E-state index is 12.5. The van der Waals surface area contributed by atoms with Gasteiger partial charge in [0.05, 0.1) is 10.0 Å². The van der Waals surface area contributed by atoms with Gasteiger partial charge in [-0.1, -0.05) is 77.8 Å². The number of halogens is 2. The average molecular weight is 392 g/mol. The van der Waals surface area contributed by atoms with Gasteiger partial charge in [-0.15, -0.1) is 0 Å². The first-order valence-electron chi connectivity index (χ1n) is 8.46. The summed E-state index contributed by atoms with van der Waals surface area (Å²) in [7, 11) is 0. The van der Waals surface area contributed by atoms with Crippen LogP contribution >= 0.6 is 23.2 Å². The summed E-state index contributed by atoms with van der Waals surface area (Å²) in [5.41, 5.74) is 3.39. The van der Waals surface area contributed by atoms with Crippen LogP contribution in [0.5, 0.6) is 0 Å². The molecule has 0 saturated carbocycles. The maximum Gasteiger partial charge on any atom is 0.255 e. The third-order valence-corrected chi connectivity index (χ3v) is 5.16. The molecule has 0 spiro atoms. The highest BCUT2D eigenvalue weighted by molar-refractivity contribution is 6.42. The molecule has 0 radical (unpaired) electrons. The van der Waals surface area contributed by atoms with Gasteiger partial charge < -0.3 is 5.32 Å². The molecule has 0 aliphatic carbocycles. The predicted octanol–water partition coefficient (Wildman–Crippen LogP) is 7.07. The number of carbonyl (C=O) groups excluding carboxylic acids is 1. The first-order chi connectivity index (χ1) is 13.1. The third kappa shape index (κ3) is 3.68. The fourth-order valence-corrected chi connectivity index (χ4v) is 3.35. The molecule has 4 aromatic carbocycles. The van der Waals surface area contributed by atoms with E-state index in [4.69, 9.17) is 23.2 Å². The molecule has 4 rings (SSSR count). The van der Waals surface area contributed by atoms with Crippen molar-refractivity contribution in [2.24, 2.45) is 0 Å². The van der Waals surface area contributed by atoms with Gasteiger partial charge in [0.1, 0.15) is 0 Å². The molecule has 0 aliphatic heterocycles.